The van der Waals surface area contributed by atoms with Crippen LogP contribution >= 0.6 is 0 Å². The molecule has 2 N–H and O–H groups in total. The second kappa shape index (κ2) is 8.59. The third-order valence-corrected chi connectivity index (χ3v) is 5.32. The van der Waals surface area contributed by atoms with Crippen molar-refractivity contribution < 1.29 is 9.53 Å². The molecule has 0 saturated carbocycles. The van der Waals surface area contributed by atoms with Crippen LogP contribution in [0, 0.1) is 0 Å². The Morgan fingerprint density at radius 1 is 1.28 bits per heavy atom. The number of anilines is 1. The van der Waals surface area contributed by atoms with Crippen molar-refractivity contribution in [2.75, 3.05) is 38.7 Å². The number of rotatable bonds is 6. The van der Waals surface area contributed by atoms with Crippen molar-refractivity contribution in [3.63, 3.8) is 0 Å². The number of urea groups is 1. The second-order valence-electron chi connectivity index (χ2n) is 7.43. The molecule has 0 aliphatic carbocycles. The van der Waals surface area contributed by atoms with Crippen LogP contribution in [0.15, 0.2) is 48.9 Å². The highest BCUT2D eigenvalue weighted by atomic mass is 16.5. The van der Waals surface area contributed by atoms with Crippen molar-refractivity contribution in [3.05, 3.63) is 54.5 Å². The zero-order chi connectivity index (χ0) is 20.2. The molecule has 0 bridgehead atoms. The molecule has 1 aromatic carbocycles. The van der Waals surface area contributed by atoms with E-state index in [0.29, 0.717) is 12.3 Å². The van der Waals surface area contributed by atoms with E-state index in [4.69, 9.17) is 4.74 Å². The van der Waals surface area contributed by atoms with Gasteiger partial charge in [-0.2, -0.15) is 5.10 Å². The lowest BCUT2D eigenvalue weighted by Gasteiger charge is -2.19. The van der Waals surface area contributed by atoms with Gasteiger partial charge < -0.3 is 15.4 Å². The summed E-state index contributed by atoms with van der Waals surface area (Å²) in [7, 11) is 3.61. The molecule has 0 spiro atoms. The minimum absolute atomic E-state index is 0.00975. The lowest BCUT2D eigenvalue weighted by Crippen LogP contribution is -2.42. The summed E-state index contributed by atoms with van der Waals surface area (Å²) in [6, 6.07) is 9.53. The molecule has 8 nitrogen and oxygen atoms in total. The number of ether oxygens (including phenoxy) is 1. The zero-order valence-electron chi connectivity index (χ0n) is 16.7. The quantitative estimate of drug-likeness (QED) is 0.670. The third kappa shape index (κ3) is 4.55. The maximum absolute atomic E-state index is 12.7. The van der Waals surface area contributed by atoms with Crippen molar-refractivity contribution in [2.24, 2.45) is 7.05 Å². The van der Waals surface area contributed by atoms with E-state index < -0.39 is 0 Å². The van der Waals surface area contributed by atoms with Crippen molar-refractivity contribution >= 4 is 22.6 Å². The van der Waals surface area contributed by atoms with Crippen LogP contribution in [0.4, 0.5) is 10.5 Å². The summed E-state index contributed by atoms with van der Waals surface area (Å²) in [6.45, 7) is 3.13. The fourth-order valence-corrected chi connectivity index (χ4v) is 3.88. The third-order valence-electron chi connectivity index (χ3n) is 5.32. The highest BCUT2D eigenvalue weighted by molar-refractivity contribution is 5.92. The summed E-state index contributed by atoms with van der Waals surface area (Å²) in [5, 5.41) is 11.3. The molecule has 8 heteroatoms. The fraction of sp³-hybridized carbons (Fsp3) is 0.381. The van der Waals surface area contributed by atoms with Crippen molar-refractivity contribution in [3.8, 4) is 0 Å². The number of aryl methyl sites for hydroxylation is 1. The smallest absolute Gasteiger partial charge is 0.319 e. The van der Waals surface area contributed by atoms with Gasteiger partial charge in [-0.25, -0.2) is 4.79 Å². The van der Waals surface area contributed by atoms with Gasteiger partial charge in [-0.1, -0.05) is 18.2 Å². The molecule has 29 heavy (non-hydrogen) atoms. The van der Waals surface area contributed by atoms with E-state index in [1.807, 2.05) is 49.8 Å². The van der Waals surface area contributed by atoms with Gasteiger partial charge in [-0.3, -0.25) is 14.6 Å². The molecule has 1 aliphatic heterocycles. The van der Waals surface area contributed by atoms with Crippen LogP contribution in [0.3, 0.4) is 0 Å². The molecule has 1 saturated heterocycles. The number of carbonyl (C=O) groups excluding carboxylic acids is 1. The molecule has 2 atom stereocenters. The number of amides is 2. The Labute approximate surface area is 169 Å². The number of nitrogens with one attached hydrogen (secondary N) is 2. The van der Waals surface area contributed by atoms with Crippen LogP contribution in [0.2, 0.25) is 0 Å². The van der Waals surface area contributed by atoms with Crippen LogP contribution in [0.25, 0.3) is 10.9 Å². The topological polar surface area (TPSA) is 84.3 Å². The molecular formula is C21H26N6O2. The Bertz CT molecular complexity index is 988. The Morgan fingerprint density at radius 3 is 2.93 bits per heavy atom. The van der Waals surface area contributed by atoms with Crippen molar-refractivity contribution in [1.82, 2.24) is 25.0 Å². The zero-order valence-corrected chi connectivity index (χ0v) is 16.7. The number of aromatic nitrogens is 3. The first-order valence-corrected chi connectivity index (χ1v) is 9.74. The van der Waals surface area contributed by atoms with E-state index in [1.165, 1.54) is 0 Å². The van der Waals surface area contributed by atoms with Gasteiger partial charge in [0.05, 0.1) is 36.2 Å². The van der Waals surface area contributed by atoms with E-state index in [9.17, 15) is 4.79 Å². The number of benzene rings is 1. The van der Waals surface area contributed by atoms with Gasteiger partial charge in [0.15, 0.2) is 0 Å². The number of pyridine rings is 1. The van der Waals surface area contributed by atoms with Gasteiger partial charge in [0, 0.05) is 51.3 Å². The molecule has 152 valence electrons. The number of para-hydroxylation sites is 1. The van der Waals surface area contributed by atoms with E-state index in [-0.39, 0.29) is 18.0 Å². The lowest BCUT2D eigenvalue weighted by atomic mass is 9.97. The first kappa shape index (κ1) is 19.4. The maximum Gasteiger partial charge on any atom is 0.319 e. The fourth-order valence-electron chi connectivity index (χ4n) is 3.88. The van der Waals surface area contributed by atoms with Gasteiger partial charge in [0.2, 0.25) is 0 Å². The number of hydrogen-bond acceptors (Lipinski definition) is 5. The number of hydrogen-bond donors (Lipinski definition) is 2. The largest absolute Gasteiger partial charge is 0.383 e. The average molecular weight is 394 g/mol. The molecule has 0 radical (unpaired) electrons. The van der Waals surface area contributed by atoms with Crippen LogP contribution < -0.4 is 10.6 Å². The van der Waals surface area contributed by atoms with Gasteiger partial charge in [0.1, 0.15) is 0 Å². The monoisotopic (exact) mass is 394 g/mol. The molecule has 2 aromatic heterocycles. The van der Waals surface area contributed by atoms with E-state index in [2.05, 4.69) is 25.6 Å². The molecule has 1 unspecified atom stereocenters. The predicted octanol–water partition coefficient (Wildman–Crippen LogP) is 2.20. The second-order valence-corrected chi connectivity index (χ2v) is 7.43. The molecule has 3 heterocycles. The number of likely N-dealkylation sites (tertiary alicyclic amines) is 1. The number of nitrogens with zero attached hydrogens (tertiary/aromatic N) is 4. The predicted molar refractivity (Wildman–Crippen MR) is 112 cm³/mol. The van der Waals surface area contributed by atoms with Crippen LogP contribution in [0.1, 0.15) is 11.5 Å². The molecule has 1 fully saturated rings. The van der Waals surface area contributed by atoms with Crippen LogP contribution in [-0.2, 0) is 11.8 Å². The minimum atomic E-state index is -0.227. The Kier molecular flexibility index (Phi) is 5.73. The SMILES string of the molecule is COCCN1CC(c2cnn(C)c2)[C@H](NC(=O)Nc2cnc3ccccc3c2)C1. The molecule has 1 aliphatic rings. The lowest BCUT2D eigenvalue weighted by molar-refractivity contribution is 0.159. The number of carbonyl (C=O) groups is 1. The molecule has 4 rings (SSSR count). The highest BCUT2D eigenvalue weighted by Gasteiger charge is 2.35. The standard InChI is InChI=1S/C21H26N6O2/c1-26-12-16(10-23-26)18-13-27(7-8-29-2)14-20(18)25-21(28)24-17-9-15-5-3-4-6-19(15)22-11-17/h3-6,9-12,18,20H,7-8,13-14H2,1-2H3,(H2,24,25,28)/t18?,20-/m1/s1. The summed E-state index contributed by atoms with van der Waals surface area (Å²) in [5.41, 5.74) is 2.71. The van der Waals surface area contributed by atoms with E-state index >= 15 is 0 Å². The van der Waals surface area contributed by atoms with Crippen LogP contribution in [0.5, 0.6) is 0 Å². The summed E-state index contributed by atoms with van der Waals surface area (Å²) < 4.78 is 7.01. The molecule has 3 aromatic rings. The van der Waals surface area contributed by atoms with Crippen LogP contribution in [-0.4, -0.2) is 65.1 Å². The Hall–Kier alpha value is -2.97. The number of fused-ring (bicyclic) bond motifs is 1. The molecule has 2 amide bonds. The summed E-state index contributed by atoms with van der Waals surface area (Å²) >= 11 is 0. The first-order chi connectivity index (χ1) is 14.1. The van der Waals surface area contributed by atoms with Gasteiger partial charge in [-0.15, -0.1) is 0 Å². The summed E-state index contributed by atoms with van der Waals surface area (Å²) in [6.07, 6.45) is 5.58. The number of methoxy groups -OCH3 is 1. The van der Waals surface area contributed by atoms with Gasteiger partial charge in [-0.05, 0) is 17.7 Å². The Balaban J connectivity index is 1.45. The maximum atomic E-state index is 12.7. The van der Waals surface area contributed by atoms with E-state index in [1.54, 1.807) is 18.0 Å². The summed E-state index contributed by atoms with van der Waals surface area (Å²) in [4.78, 5) is 19.4. The van der Waals surface area contributed by atoms with Gasteiger partial charge >= 0.3 is 6.03 Å². The first-order valence-electron chi connectivity index (χ1n) is 9.74. The van der Waals surface area contributed by atoms with Crippen molar-refractivity contribution in [1.29, 1.82) is 0 Å². The van der Waals surface area contributed by atoms with Crippen molar-refractivity contribution in [2.45, 2.75) is 12.0 Å². The van der Waals surface area contributed by atoms with E-state index in [0.717, 1.165) is 36.1 Å². The average Bonchev–Trinajstić information content (AvgIpc) is 3.32. The molecular weight excluding hydrogens is 368 g/mol. The summed E-state index contributed by atoms with van der Waals surface area (Å²) in [5.74, 6) is 0.182. The highest BCUT2D eigenvalue weighted by Crippen LogP contribution is 2.27. The van der Waals surface area contributed by atoms with Gasteiger partial charge in [0.25, 0.3) is 0 Å². The Morgan fingerprint density at radius 2 is 2.14 bits per heavy atom. The normalized spacial score (nSPS) is 19.5. The minimum Gasteiger partial charge on any atom is -0.383 e.